The van der Waals surface area contributed by atoms with E-state index in [2.05, 4.69) is 0 Å². The summed E-state index contributed by atoms with van der Waals surface area (Å²) in [6.45, 7) is 1.16. The summed E-state index contributed by atoms with van der Waals surface area (Å²) in [4.78, 5) is 1.94. The number of rotatable bonds is 5. The van der Waals surface area contributed by atoms with Crippen LogP contribution in [0.3, 0.4) is 0 Å². The molecule has 2 N–H and O–H groups in total. The first kappa shape index (κ1) is 13.4. The van der Waals surface area contributed by atoms with Crippen molar-refractivity contribution >= 4 is 27.0 Å². The Bertz CT molecular complexity index is 439. The van der Waals surface area contributed by atoms with Gasteiger partial charge in [-0.15, -0.1) is 11.3 Å². The topological polar surface area (TPSA) is 66.6 Å². The highest BCUT2D eigenvalue weighted by Crippen LogP contribution is 2.24. The summed E-state index contributed by atoms with van der Waals surface area (Å²) in [6, 6.07) is 1.49. The van der Waals surface area contributed by atoms with E-state index in [1.54, 1.807) is 12.4 Å². The molecule has 0 unspecified atom stereocenters. The molecule has 0 aliphatic rings. The molecule has 1 aromatic rings. The van der Waals surface area contributed by atoms with Crippen molar-refractivity contribution in [3.8, 4) is 0 Å². The van der Waals surface area contributed by atoms with E-state index >= 15 is 0 Å². The van der Waals surface area contributed by atoms with Gasteiger partial charge in [-0.05, 0) is 20.2 Å². The third kappa shape index (κ3) is 3.18. The summed E-state index contributed by atoms with van der Waals surface area (Å²) < 4.78 is 25.7. The molecule has 5 nitrogen and oxygen atoms in total. The number of hydrogen-bond donors (Lipinski definition) is 1. The van der Waals surface area contributed by atoms with Crippen molar-refractivity contribution in [2.75, 3.05) is 40.0 Å². The highest BCUT2D eigenvalue weighted by atomic mass is 32.2. The SMILES string of the molecule is CN(C)CCN(C)S(=O)(=O)c1cc(N)cs1. The lowest BCUT2D eigenvalue weighted by Crippen LogP contribution is -2.33. The van der Waals surface area contributed by atoms with Crippen LogP contribution in [0.15, 0.2) is 15.7 Å². The fourth-order valence-corrected chi connectivity index (χ4v) is 3.53. The van der Waals surface area contributed by atoms with Crippen LogP contribution in [0.4, 0.5) is 5.69 Å². The molecule has 0 amide bonds. The molecule has 1 heterocycles. The second kappa shape index (κ2) is 5.13. The predicted octanol–water partition coefficient (Wildman–Crippen LogP) is 0.512. The fraction of sp³-hybridized carbons (Fsp3) is 0.556. The Balaban J connectivity index is 2.78. The van der Waals surface area contributed by atoms with E-state index in [4.69, 9.17) is 5.73 Å². The fourth-order valence-electron chi connectivity index (χ4n) is 1.08. The van der Waals surface area contributed by atoms with E-state index in [-0.39, 0.29) is 0 Å². The van der Waals surface area contributed by atoms with Gasteiger partial charge in [0.25, 0.3) is 10.0 Å². The molecule has 1 aromatic heterocycles. The maximum absolute atomic E-state index is 12.0. The van der Waals surface area contributed by atoms with Crippen molar-refractivity contribution in [1.29, 1.82) is 0 Å². The minimum Gasteiger partial charge on any atom is -0.398 e. The molecule has 0 atom stereocenters. The number of anilines is 1. The van der Waals surface area contributed by atoms with E-state index in [0.29, 0.717) is 23.0 Å². The molecular weight excluding hydrogens is 246 g/mol. The highest BCUT2D eigenvalue weighted by Gasteiger charge is 2.22. The molecule has 0 fully saturated rings. The van der Waals surface area contributed by atoms with E-state index in [0.717, 1.165) is 11.3 Å². The summed E-state index contributed by atoms with van der Waals surface area (Å²) >= 11 is 1.15. The molecule has 16 heavy (non-hydrogen) atoms. The quantitative estimate of drug-likeness (QED) is 0.840. The van der Waals surface area contributed by atoms with Crippen molar-refractivity contribution in [1.82, 2.24) is 9.21 Å². The molecule has 0 aliphatic carbocycles. The number of hydrogen-bond acceptors (Lipinski definition) is 5. The van der Waals surface area contributed by atoms with Gasteiger partial charge in [-0.1, -0.05) is 0 Å². The van der Waals surface area contributed by atoms with Crippen LogP contribution in [0.5, 0.6) is 0 Å². The van der Waals surface area contributed by atoms with Crippen LogP contribution in [0, 0.1) is 0 Å². The predicted molar refractivity (Wildman–Crippen MR) is 67.1 cm³/mol. The van der Waals surface area contributed by atoms with Crippen molar-refractivity contribution in [3.63, 3.8) is 0 Å². The van der Waals surface area contributed by atoms with Gasteiger partial charge in [-0.3, -0.25) is 0 Å². The maximum Gasteiger partial charge on any atom is 0.252 e. The van der Waals surface area contributed by atoms with Crippen molar-refractivity contribution in [2.45, 2.75) is 4.21 Å². The normalized spacial score (nSPS) is 12.6. The van der Waals surface area contributed by atoms with Crippen LogP contribution in [-0.4, -0.2) is 51.9 Å². The highest BCUT2D eigenvalue weighted by molar-refractivity contribution is 7.91. The van der Waals surface area contributed by atoms with Crippen LogP contribution in [0.2, 0.25) is 0 Å². The van der Waals surface area contributed by atoms with Gasteiger partial charge in [0.1, 0.15) is 4.21 Å². The monoisotopic (exact) mass is 263 g/mol. The largest absolute Gasteiger partial charge is 0.398 e. The van der Waals surface area contributed by atoms with Crippen LogP contribution in [0.25, 0.3) is 0 Å². The van der Waals surface area contributed by atoms with E-state index in [1.165, 1.54) is 10.4 Å². The number of nitrogens with two attached hydrogens (primary N) is 1. The Morgan fingerprint density at radius 1 is 1.31 bits per heavy atom. The third-order valence-corrected chi connectivity index (χ3v) is 5.41. The molecule has 1 rings (SSSR count). The average molecular weight is 263 g/mol. The van der Waals surface area contributed by atoms with Crippen LogP contribution < -0.4 is 5.73 Å². The summed E-state index contributed by atoms with van der Waals surface area (Å²) in [7, 11) is 2.02. The van der Waals surface area contributed by atoms with E-state index < -0.39 is 10.0 Å². The average Bonchev–Trinajstić information content (AvgIpc) is 2.61. The zero-order valence-electron chi connectivity index (χ0n) is 9.67. The molecular formula is C9H17N3O2S2. The van der Waals surface area contributed by atoms with Gasteiger partial charge in [0.15, 0.2) is 0 Å². The smallest absolute Gasteiger partial charge is 0.252 e. The minimum absolute atomic E-state index is 0.297. The first-order valence-corrected chi connectivity index (χ1v) is 7.11. The number of sulfonamides is 1. The molecule has 92 valence electrons. The Hall–Kier alpha value is -0.630. The van der Waals surface area contributed by atoms with Gasteiger partial charge in [0.2, 0.25) is 0 Å². The van der Waals surface area contributed by atoms with Gasteiger partial charge in [-0.2, -0.15) is 4.31 Å². The summed E-state index contributed by atoms with van der Waals surface area (Å²) in [5, 5.41) is 1.63. The molecule has 7 heteroatoms. The molecule has 0 saturated heterocycles. The lowest BCUT2D eigenvalue weighted by molar-refractivity contribution is 0.359. The van der Waals surface area contributed by atoms with Gasteiger partial charge in [-0.25, -0.2) is 8.42 Å². The Kier molecular flexibility index (Phi) is 4.31. The van der Waals surface area contributed by atoms with Crippen molar-refractivity contribution < 1.29 is 8.42 Å². The Labute approximate surface area is 101 Å². The lowest BCUT2D eigenvalue weighted by Gasteiger charge is -2.18. The standard InChI is InChI=1S/C9H17N3O2S2/c1-11(2)4-5-12(3)16(13,14)9-6-8(10)7-15-9/h6-7H,4-5,10H2,1-3H3. The molecule has 0 bridgehead atoms. The third-order valence-electron chi connectivity index (χ3n) is 2.12. The van der Waals surface area contributed by atoms with Gasteiger partial charge in [0, 0.05) is 31.2 Å². The second-order valence-electron chi connectivity index (χ2n) is 3.83. The number of nitrogens with zero attached hydrogens (tertiary/aromatic N) is 2. The Morgan fingerprint density at radius 3 is 2.38 bits per heavy atom. The molecule has 0 saturated carbocycles. The molecule has 0 radical (unpaired) electrons. The summed E-state index contributed by atoms with van der Waals surface area (Å²) in [6.07, 6.45) is 0. The van der Waals surface area contributed by atoms with E-state index in [9.17, 15) is 8.42 Å². The van der Waals surface area contributed by atoms with Crippen LogP contribution in [0.1, 0.15) is 0 Å². The van der Waals surface area contributed by atoms with E-state index in [1.807, 2.05) is 19.0 Å². The first-order valence-electron chi connectivity index (χ1n) is 4.79. The summed E-state index contributed by atoms with van der Waals surface area (Å²) in [5.74, 6) is 0. The zero-order chi connectivity index (χ0) is 12.3. The van der Waals surface area contributed by atoms with Crippen molar-refractivity contribution in [2.24, 2.45) is 0 Å². The van der Waals surface area contributed by atoms with Gasteiger partial charge in [0.05, 0.1) is 0 Å². The number of likely N-dealkylation sites (N-methyl/N-ethyl adjacent to an activating group) is 2. The number of nitrogen functional groups attached to an aromatic ring is 1. The summed E-state index contributed by atoms with van der Waals surface area (Å²) in [5.41, 5.74) is 6.01. The minimum atomic E-state index is -3.37. The molecule has 0 spiro atoms. The second-order valence-corrected chi connectivity index (χ2v) is 7.01. The van der Waals surface area contributed by atoms with Gasteiger partial charge < -0.3 is 10.6 Å². The van der Waals surface area contributed by atoms with Crippen LogP contribution >= 0.6 is 11.3 Å². The van der Waals surface area contributed by atoms with Crippen molar-refractivity contribution in [3.05, 3.63) is 11.4 Å². The first-order chi connectivity index (χ1) is 7.34. The Morgan fingerprint density at radius 2 is 1.94 bits per heavy atom. The lowest BCUT2D eigenvalue weighted by atomic mass is 10.6. The van der Waals surface area contributed by atoms with Gasteiger partial charge >= 0.3 is 0 Å². The zero-order valence-corrected chi connectivity index (χ0v) is 11.3. The number of thiophene rings is 1. The molecule has 0 aliphatic heterocycles. The van der Waals surface area contributed by atoms with Crippen LogP contribution in [-0.2, 0) is 10.0 Å². The molecule has 0 aromatic carbocycles. The maximum atomic E-state index is 12.0.